The number of urea groups is 1. The zero-order chi connectivity index (χ0) is 26.4. The molecule has 2 aliphatic heterocycles. The lowest BCUT2D eigenvalue weighted by Crippen LogP contribution is -2.40. The van der Waals surface area contributed by atoms with Crippen molar-refractivity contribution in [3.8, 4) is 0 Å². The number of nitrogens with zero attached hydrogens (tertiary/aromatic N) is 2. The fourth-order valence-corrected chi connectivity index (χ4v) is 5.72. The van der Waals surface area contributed by atoms with E-state index in [2.05, 4.69) is 15.5 Å². The Kier molecular flexibility index (Phi) is 8.82. The van der Waals surface area contributed by atoms with Gasteiger partial charge >= 0.3 is 12.0 Å². The number of aliphatic carboxylic acids is 1. The van der Waals surface area contributed by atoms with E-state index >= 15 is 0 Å². The number of carbonyl (C=O) groups excluding carboxylic acids is 2. The van der Waals surface area contributed by atoms with Crippen LogP contribution in [0.2, 0.25) is 0 Å². The Morgan fingerprint density at radius 3 is 2.22 bits per heavy atom. The third-order valence-corrected chi connectivity index (χ3v) is 7.64. The lowest BCUT2D eigenvalue weighted by atomic mass is 10.0. The Morgan fingerprint density at radius 1 is 0.946 bits per heavy atom. The van der Waals surface area contributed by atoms with Gasteiger partial charge in [0.25, 0.3) is 5.91 Å². The summed E-state index contributed by atoms with van der Waals surface area (Å²) in [5.74, 6) is 0.250. The molecule has 0 aliphatic carbocycles. The lowest BCUT2D eigenvalue weighted by molar-refractivity contribution is -0.137. The SMILES string of the molecule is Cc1cccc(C)c1C(=O)N1CC2CN(CCC(NC(=O)NCCCC(=O)O)c3ccccc3)CC2C1. The minimum absolute atomic E-state index is 0.0350. The van der Waals surface area contributed by atoms with Crippen molar-refractivity contribution < 1.29 is 19.5 Å². The maximum Gasteiger partial charge on any atom is 0.315 e. The number of amides is 3. The second-order valence-corrected chi connectivity index (χ2v) is 10.4. The van der Waals surface area contributed by atoms with Gasteiger partial charge in [0.15, 0.2) is 0 Å². The van der Waals surface area contributed by atoms with E-state index in [4.69, 9.17) is 5.11 Å². The summed E-state index contributed by atoms with van der Waals surface area (Å²) in [6.45, 7) is 8.72. The van der Waals surface area contributed by atoms with Gasteiger partial charge in [-0.3, -0.25) is 9.59 Å². The molecule has 2 heterocycles. The average molecular weight is 507 g/mol. The van der Waals surface area contributed by atoms with Crippen molar-refractivity contribution >= 4 is 17.9 Å². The van der Waals surface area contributed by atoms with E-state index in [1.165, 1.54) is 0 Å². The van der Waals surface area contributed by atoms with Gasteiger partial charge in [0, 0.05) is 51.3 Å². The van der Waals surface area contributed by atoms with Crippen LogP contribution in [0.15, 0.2) is 48.5 Å². The average Bonchev–Trinajstić information content (AvgIpc) is 3.44. The number of benzene rings is 2. The number of rotatable bonds is 10. The molecule has 2 saturated heterocycles. The van der Waals surface area contributed by atoms with E-state index in [0.29, 0.717) is 24.8 Å². The normalized spacial score (nSPS) is 19.9. The first-order chi connectivity index (χ1) is 17.8. The van der Waals surface area contributed by atoms with E-state index in [9.17, 15) is 14.4 Å². The number of likely N-dealkylation sites (tertiary alicyclic amines) is 2. The number of carboxylic acid groups (broad SMARTS) is 1. The first-order valence-corrected chi connectivity index (χ1v) is 13.2. The Morgan fingerprint density at radius 2 is 1.59 bits per heavy atom. The van der Waals surface area contributed by atoms with Crippen LogP contribution in [0.5, 0.6) is 0 Å². The molecule has 0 bridgehead atoms. The first-order valence-electron chi connectivity index (χ1n) is 13.2. The van der Waals surface area contributed by atoms with Crippen molar-refractivity contribution in [1.29, 1.82) is 0 Å². The molecule has 3 amide bonds. The summed E-state index contributed by atoms with van der Waals surface area (Å²) < 4.78 is 0. The van der Waals surface area contributed by atoms with Gasteiger partial charge in [-0.15, -0.1) is 0 Å². The zero-order valence-corrected chi connectivity index (χ0v) is 21.8. The van der Waals surface area contributed by atoms with Gasteiger partial charge in [0.1, 0.15) is 0 Å². The zero-order valence-electron chi connectivity index (χ0n) is 21.8. The molecule has 2 aliphatic rings. The summed E-state index contributed by atoms with van der Waals surface area (Å²) in [6.07, 6.45) is 1.21. The van der Waals surface area contributed by atoms with Gasteiger partial charge in [0.2, 0.25) is 0 Å². The maximum atomic E-state index is 13.2. The maximum absolute atomic E-state index is 13.2. The van der Waals surface area contributed by atoms with Crippen molar-refractivity contribution in [3.05, 3.63) is 70.8 Å². The topological polar surface area (TPSA) is 102 Å². The molecule has 8 nitrogen and oxygen atoms in total. The molecule has 2 fully saturated rings. The second-order valence-electron chi connectivity index (χ2n) is 10.4. The molecule has 3 unspecified atom stereocenters. The third kappa shape index (κ3) is 6.89. The molecule has 0 spiro atoms. The fourth-order valence-electron chi connectivity index (χ4n) is 5.72. The monoisotopic (exact) mass is 506 g/mol. The van der Waals surface area contributed by atoms with E-state index < -0.39 is 5.97 Å². The van der Waals surface area contributed by atoms with Gasteiger partial charge in [-0.05, 0) is 55.2 Å². The Labute approximate surface area is 219 Å². The molecular formula is C29H38N4O4. The predicted octanol–water partition coefficient (Wildman–Crippen LogP) is 3.60. The second kappa shape index (κ2) is 12.2. The molecule has 3 N–H and O–H groups in total. The molecular weight excluding hydrogens is 468 g/mol. The summed E-state index contributed by atoms with van der Waals surface area (Å²) in [5, 5.41) is 14.6. The predicted molar refractivity (Wildman–Crippen MR) is 142 cm³/mol. The highest BCUT2D eigenvalue weighted by molar-refractivity contribution is 5.97. The highest BCUT2D eigenvalue weighted by Crippen LogP contribution is 2.33. The molecule has 3 atom stereocenters. The summed E-state index contributed by atoms with van der Waals surface area (Å²) in [5.41, 5.74) is 3.97. The standard InChI is InChI=1S/C29H38N4O4/c1-20-8-6-9-21(2)27(20)28(36)33-18-23-16-32(17-24(23)19-33)15-13-25(22-10-4-3-5-11-22)31-29(37)30-14-7-12-26(34)35/h3-6,8-11,23-25H,7,12-19H2,1-2H3,(H,34,35)(H2,30,31,37). The van der Waals surface area contributed by atoms with Crippen molar-refractivity contribution in [3.63, 3.8) is 0 Å². The number of carboxylic acids is 1. The number of hydrogen-bond donors (Lipinski definition) is 3. The summed E-state index contributed by atoms with van der Waals surface area (Å²) in [7, 11) is 0. The number of hydrogen-bond acceptors (Lipinski definition) is 4. The van der Waals surface area contributed by atoms with E-state index in [1.54, 1.807) is 0 Å². The van der Waals surface area contributed by atoms with Crippen LogP contribution in [0.25, 0.3) is 0 Å². The van der Waals surface area contributed by atoms with E-state index in [0.717, 1.165) is 61.4 Å². The van der Waals surface area contributed by atoms with Gasteiger partial charge in [-0.1, -0.05) is 48.5 Å². The molecule has 0 aromatic heterocycles. The van der Waals surface area contributed by atoms with Crippen LogP contribution in [0.1, 0.15) is 52.4 Å². The highest BCUT2D eigenvalue weighted by atomic mass is 16.4. The van der Waals surface area contributed by atoms with Gasteiger partial charge in [-0.25, -0.2) is 4.79 Å². The summed E-state index contributed by atoms with van der Waals surface area (Å²) >= 11 is 0. The van der Waals surface area contributed by atoms with E-state index in [1.807, 2.05) is 67.3 Å². The van der Waals surface area contributed by atoms with Crippen LogP contribution in [0, 0.1) is 25.7 Å². The minimum Gasteiger partial charge on any atom is -0.481 e. The van der Waals surface area contributed by atoms with Crippen molar-refractivity contribution in [2.75, 3.05) is 39.3 Å². The molecule has 198 valence electrons. The van der Waals surface area contributed by atoms with Crippen LogP contribution in [0.3, 0.4) is 0 Å². The fraction of sp³-hybridized carbons (Fsp3) is 0.483. The van der Waals surface area contributed by atoms with Crippen LogP contribution >= 0.6 is 0 Å². The quantitative estimate of drug-likeness (QED) is 0.428. The van der Waals surface area contributed by atoms with Crippen LogP contribution in [-0.4, -0.2) is 72.1 Å². The largest absolute Gasteiger partial charge is 0.481 e. The summed E-state index contributed by atoms with van der Waals surface area (Å²) in [4.78, 5) is 40.9. The van der Waals surface area contributed by atoms with Crippen LogP contribution < -0.4 is 10.6 Å². The lowest BCUT2D eigenvalue weighted by Gasteiger charge is -2.25. The smallest absolute Gasteiger partial charge is 0.315 e. The molecule has 8 heteroatoms. The minimum atomic E-state index is -0.863. The number of aryl methyl sites for hydroxylation is 2. The Balaban J connectivity index is 1.28. The van der Waals surface area contributed by atoms with Gasteiger partial charge in [-0.2, -0.15) is 0 Å². The number of nitrogens with one attached hydrogen (secondary N) is 2. The van der Waals surface area contributed by atoms with Gasteiger partial charge in [0.05, 0.1) is 6.04 Å². The Hall–Kier alpha value is -3.39. The van der Waals surface area contributed by atoms with Crippen molar-refractivity contribution in [2.45, 2.75) is 39.2 Å². The number of carbonyl (C=O) groups is 3. The molecule has 2 aromatic carbocycles. The molecule has 0 saturated carbocycles. The molecule has 0 radical (unpaired) electrons. The van der Waals surface area contributed by atoms with E-state index in [-0.39, 0.29) is 24.4 Å². The number of fused-ring (bicyclic) bond motifs is 1. The Bertz CT molecular complexity index is 1070. The third-order valence-electron chi connectivity index (χ3n) is 7.64. The molecule has 2 aromatic rings. The van der Waals surface area contributed by atoms with Crippen LogP contribution in [0.4, 0.5) is 4.79 Å². The van der Waals surface area contributed by atoms with Crippen molar-refractivity contribution in [2.24, 2.45) is 11.8 Å². The molecule has 4 rings (SSSR count). The first kappa shape index (κ1) is 26.7. The molecule has 37 heavy (non-hydrogen) atoms. The summed E-state index contributed by atoms with van der Waals surface area (Å²) in [6, 6.07) is 15.5. The van der Waals surface area contributed by atoms with Gasteiger partial charge < -0.3 is 25.5 Å². The van der Waals surface area contributed by atoms with Crippen molar-refractivity contribution in [1.82, 2.24) is 20.4 Å². The highest BCUT2D eigenvalue weighted by Gasteiger charge is 2.42. The van der Waals surface area contributed by atoms with Crippen LogP contribution in [-0.2, 0) is 4.79 Å².